The van der Waals surface area contributed by atoms with Crippen molar-refractivity contribution in [3.63, 3.8) is 0 Å². The highest BCUT2D eigenvalue weighted by Gasteiger charge is 2.21. The van der Waals surface area contributed by atoms with Crippen molar-refractivity contribution in [1.82, 2.24) is 5.32 Å². The second kappa shape index (κ2) is 5.98. The van der Waals surface area contributed by atoms with Crippen LogP contribution in [-0.4, -0.2) is 30.9 Å². The van der Waals surface area contributed by atoms with E-state index < -0.39 is 6.10 Å². The lowest BCUT2D eigenvalue weighted by atomic mass is 9.93. The van der Waals surface area contributed by atoms with Crippen LogP contribution in [0, 0.1) is 11.7 Å². The molecule has 1 aliphatic rings. The smallest absolute Gasteiger partial charge is 0.126 e. The maximum absolute atomic E-state index is 12.9. The average Bonchev–Trinajstić information content (AvgIpc) is 2.37. The fraction of sp³-hybridized carbons (Fsp3) is 0.538. The highest BCUT2D eigenvalue weighted by Crippen LogP contribution is 2.18. The molecular weight excluding hydrogens is 221 g/mol. The Morgan fingerprint density at radius 3 is 2.88 bits per heavy atom. The Bertz CT molecular complexity index is 353. The Kier molecular flexibility index (Phi) is 4.34. The molecule has 1 saturated heterocycles. The lowest BCUT2D eigenvalue weighted by Crippen LogP contribution is -2.36. The largest absolute Gasteiger partial charge is 0.491 e. The number of halogens is 1. The van der Waals surface area contributed by atoms with Crippen LogP contribution in [0.5, 0.6) is 5.75 Å². The molecule has 1 fully saturated rings. The van der Waals surface area contributed by atoms with Crippen molar-refractivity contribution < 1.29 is 14.2 Å². The van der Waals surface area contributed by atoms with E-state index in [1.54, 1.807) is 12.1 Å². The lowest BCUT2D eigenvalue weighted by molar-refractivity contribution is 0.0441. The summed E-state index contributed by atoms with van der Waals surface area (Å²) in [6, 6.07) is 5.99. The van der Waals surface area contributed by atoms with E-state index in [-0.39, 0.29) is 18.3 Å². The first-order chi connectivity index (χ1) is 8.25. The Balaban J connectivity index is 1.80. The highest BCUT2D eigenvalue weighted by atomic mass is 19.1. The Morgan fingerprint density at radius 1 is 1.41 bits per heavy atom. The molecule has 0 saturated carbocycles. The van der Waals surface area contributed by atoms with E-state index in [0.717, 1.165) is 25.9 Å². The first-order valence-electron chi connectivity index (χ1n) is 6.03. The standard InChI is InChI=1S/C13H18FNO2/c14-11-2-1-3-12(8-11)17-9-13(16)10-4-6-15-7-5-10/h1-3,8,10,13,15-16H,4-7,9H2. The van der Waals surface area contributed by atoms with Crippen molar-refractivity contribution in [1.29, 1.82) is 0 Å². The van der Waals surface area contributed by atoms with E-state index in [0.29, 0.717) is 5.75 Å². The SMILES string of the molecule is OC(COc1cccc(F)c1)C1CCNCC1. The van der Waals surface area contributed by atoms with Gasteiger partial charge in [-0.1, -0.05) is 6.07 Å². The first-order valence-corrected chi connectivity index (χ1v) is 6.03. The zero-order valence-electron chi connectivity index (χ0n) is 9.73. The molecule has 94 valence electrons. The van der Waals surface area contributed by atoms with Crippen molar-refractivity contribution in [3.05, 3.63) is 30.1 Å². The first kappa shape index (κ1) is 12.3. The van der Waals surface area contributed by atoms with Gasteiger partial charge in [0.15, 0.2) is 0 Å². The third-order valence-electron chi connectivity index (χ3n) is 3.14. The zero-order valence-corrected chi connectivity index (χ0v) is 9.73. The van der Waals surface area contributed by atoms with Gasteiger partial charge in [-0.15, -0.1) is 0 Å². The van der Waals surface area contributed by atoms with Crippen LogP contribution in [0.2, 0.25) is 0 Å². The zero-order chi connectivity index (χ0) is 12.1. The van der Waals surface area contributed by atoms with Crippen molar-refractivity contribution >= 4 is 0 Å². The summed E-state index contributed by atoms with van der Waals surface area (Å²) in [6.45, 7) is 2.12. The van der Waals surface area contributed by atoms with E-state index in [1.165, 1.54) is 12.1 Å². The summed E-state index contributed by atoms with van der Waals surface area (Å²) in [5.74, 6) is 0.432. The summed E-state index contributed by atoms with van der Waals surface area (Å²) in [7, 11) is 0. The van der Waals surface area contributed by atoms with Gasteiger partial charge in [0.05, 0.1) is 6.10 Å². The Hall–Kier alpha value is -1.13. The molecular formula is C13H18FNO2. The van der Waals surface area contributed by atoms with Gasteiger partial charge in [-0.05, 0) is 44.0 Å². The van der Waals surface area contributed by atoms with Crippen molar-refractivity contribution in [3.8, 4) is 5.75 Å². The van der Waals surface area contributed by atoms with Crippen LogP contribution in [0.3, 0.4) is 0 Å². The predicted molar refractivity (Wildman–Crippen MR) is 63.5 cm³/mol. The van der Waals surface area contributed by atoms with Gasteiger partial charge in [0.25, 0.3) is 0 Å². The third kappa shape index (κ3) is 3.68. The van der Waals surface area contributed by atoms with Crippen LogP contribution < -0.4 is 10.1 Å². The van der Waals surface area contributed by atoms with Gasteiger partial charge < -0.3 is 15.2 Å². The van der Waals surface area contributed by atoms with Crippen molar-refractivity contribution in [2.75, 3.05) is 19.7 Å². The minimum atomic E-state index is -0.472. The number of piperidine rings is 1. The monoisotopic (exact) mass is 239 g/mol. The summed E-state index contributed by atoms with van der Waals surface area (Å²) in [5.41, 5.74) is 0. The minimum Gasteiger partial charge on any atom is -0.491 e. The van der Waals surface area contributed by atoms with Crippen molar-refractivity contribution in [2.45, 2.75) is 18.9 Å². The normalized spacial score (nSPS) is 18.9. The van der Waals surface area contributed by atoms with Gasteiger partial charge in [0.1, 0.15) is 18.2 Å². The summed E-state index contributed by atoms with van der Waals surface area (Å²) < 4.78 is 18.3. The van der Waals surface area contributed by atoms with Crippen LogP contribution in [0.15, 0.2) is 24.3 Å². The van der Waals surface area contributed by atoms with Crippen LogP contribution in [0.25, 0.3) is 0 Å². The molecule has 4 heteroatoms. The molecule has 1 aromatic carbocycles. The number of benzene rings is 1. The van der Waals surface area contributed by atoms with Crippen LogP contribution >= 0.6 is 0 Å². The molecule has 3 nitrogen and oxygen atoms in total. The van der Waals surface area contributed by atoms with Gasteiger partial charge in [0, 0.05) is 6.07 Å². The van der Waals surface area contributed by atoms with Gasteiger partial charge in [0.2, 0.25) is 0 Å². The number of ether oxygens (including phenoxy) is 1. The number of nitrogens with one attached hydrogen (secondary N) is 1. The summed E-state index contributed by atoms with van der Waals surface area (Å²) in [6.07, 6.45) is 1.46. The summed E-state index contributed by atoms with van der Waals surface area (Å²) in [4.78, 5) is 0. The van der Waals surface area contributed by atoms with Gasteiger partial charge in [-0.3, -0.25) is 0 Å². The molecule has 1 unspecified atom stereocenters. The Labute approximate surface area is 101 Å². The molecule has 0 radical (unpaired) electrons. The Morgan fingerprint density at radius 2 is 2.18 bits per heavy atom. The maximum atomic E-state index is 12.9. The fourth-order valence-corrected chi connectivity index (χ4v) is 2.10. The molecule has 1 aliphatic heterocycles. The third-order valence-corrected chi connectivity index (χ3v) is 3.14. The van der Waals surface area contributed by atoms with Crippen LogP contribution in [0.4, 0.5) is 4.39 Å². The maximum Gasteiger partial charge on any atom is 0.126 e. The number of aliphatic hydroxyl groups is 1. The second-order valence-electron chi connectivity index (χ2n) is 4.42. The van der Waals surface area contributed by atoms with Crippen LogP contribution in [0.1, 0.15) is 12.8 Å². The molecule has 0 bridgehead atoms. The van der Waals surface area contributed by atoms with E-state index in [9.17, 15) is 9.50 Å². The number of hydrogen-bond donors (Lipinski definition) is 2. The van der Waals surface area contributed by atoms with E-state index in [1.807, 2.05) is 0 Å². The van der Waals surface area contributed by atoms with E-state index >= 15 is 0 Å². The molecule has 17 heavy (non-hydrogen) atoms. The predicted octanol–water partition coefficient (Wildman–Crippen LogP) is 1.56. The molecule has 0 aliphatic carbocycles. The summed E-state index contributed by atoms with van der Waals surface area (Å²) >= 11 is 0. The molecule has 2 N–H and O–H groups in total. The van der Waals surface area contributed by atoms with E-state index in [4.69, 9.17) is 4.74 Å². The molecule has 1 heterocycles. The van der Waals surface area contributed by atoms with Crippen molar-refractivity contribution in [2.24, 2.45) is 5.92 Å². The molecule has 0 amide bonds. The van der Waals surface area contributed by atoms with Crippen LogP contribution in [-0.2, 0) is 0 Å². The number of aliphatic hydroxyl groups excluding tert-OH is 1. The van der Waals surface area contributed by atoms with Gasteiger partial charge in [-0.25, -0.2) is 4.39 Å². The quantitative estimate of drug-likeness (QED) is 0.838. The number of rotatable bonds is 4. The van der Waals surface area contributed by atoms with Gasteiger partial charge >= 0.3 is 0 Å². The van der Waals surface area contributed by atoms with Gasteiger partial charge in [-0.2, -0.15) is 0 Å². The summed E-state index contributed by atoms with van der Waals surface area (Å²) in [5, 5.41) is 13.2. The van der Waals surface area contributed by atoms with E-state index in [2.05, 4.69) is 5.32 Å². The second-order valence-corrected chi connectivity index (χ2v) is 4.42. The molecule has 1 atom stereocenters. The highest BCUT2D eigenvalue weighted by molar-refractivity contribution is 5.22. The topological polar surface area (TPSA) is 41.5 Å². The fourth-order valence-electron chi connectivity index (χ4n) is 2.10. The molecule has 1 aromatic rings. The molecule has 2 rings (SSSR count). The minimum absolute atomic E-state index is 0.230. The molecule has 0 spiro atoms. The lowest BCUT2D eigenvalue weighted by Gasteiger charge is -2.27. The number of hydrogen-bond acceptors (Lipinski definition) is 3. The molecule has 0 aromatic heterocycles. The average molecular weight is 239 g/mol.